The molecule has 1 N–H and O–H groups in total. The molecule has 1 aliphatic carbocycles. The molecule has 1 aliphatic heterocycles. The number of aryl methyl sites for hydroxylation is 1. The Balaban J connectivity index is 1.50. The van der Waals surface area contributed by atoms with Crippen LogP contribution in [0.15, 0.2) is 24.3 Å². The highest BCUT2D eigenvalue weighted by atomic mass is 32.2. The number of amides is 1. The Kier molecular flexibility index (Phi) is 6.93. The molecular formula is C21H32N2O3S. The molecule has 2 aliphatic rings. The predicted octanol–water partition coefficient (Wildman–Crippen LogP) is 3.38. The molecular weight excluding hydrogens is 360 g/mol. The van der Waals surface area contributed by atoms with E-state index in [2.05, 4.69) is 5.32 Å². The second-order valence-corrected chi connectivity index (χ2v) is 10.1. The van der Waals surface area contributed by atoms with Crippen LogP contribution in [0.4, 0.5) is 0 Å². The van der Waals surface area contributed by atoms with Gasteiger partial charge in [-0.05, 0) is 38.2 Å². The highest BCUT2D eigenvalue weighted by Gasteiger charge is 2.31. The summed E-state index contributed by atoms with van der Waals surface area (Å²) in [6.45, 7) is 2.85. The Labute approximate surface area is 163 Å². The molecule has 0 bridgehead atoms. The van der Waals surface area contributed by atoms with Crippen LogP contribution in [0.2, 0.25) is 0 Å². The number of benzene rings is 1. The van der Waals surface area contributed by atoms with Gasteiger partial charge >= 0.3 is 0 Å². The van der Waals surface area contributed by atoms with Gasteiger partial charge in [-0.2, -0.15) is 0 Å². The third-order valence-electron chi connectivity index (χ3n) is 5.85. The van der Waals surface area contributed by atoms with Crippen LogP contribution in [0.1, 0.15) is 62.5 Å². The van der Waals surface area contributed by atoms with Crippen LogP contribution in [0.25, 0.3) is 0 Å². The number of carbonyl (C=O) groups is 1. The van der Waals surface area contributed by atoms with Crippen LogP contribution in [-0.4, -0.2) is 37.8 Å². The highest BCUT2D eigenvalue weighted by Crippen LogP contribution is 2.23. The summed E-state index contributed by atoms with van der Waals surface area (Å²) >= 11 is 0. The molecule has 1 saturated heterocycles. The minimum atomic E-state index is -3.33. The molecule has 2 fully saturated rings. The Morgan fingerprint density at radius 1 is 1.07 bits per heavy atom. The first-order valence-corrected chi connectivity index (χ1v) is 11.9. The van der Waals surface area contributed by atoms with Crippen LogP contribution >= 0.6 is 0 Å². The average molecular weight is 393 g/mol. The summed E-state index contributed by atoms with van der Waals surface area (Å²) in [7, 11) is -3.33. The van der Waals surface area contributed by atoms with Crippen LogP contribution < -0.4 is 5.32 Å². The standard InChI is InChI=1S/C21H32N2O3S/c1-17-7-6-8-18(15-17)16-27(25,26)23-13-11-19(12-14-23)21(24)22-20-9-4-2-3-5-10-20/h6-8,15,19-20H,2-5,9-14,16H2,1H3,(H,22,24). The quantitative estimate of drug-likeness (QED) is 0.781. The molecule has 3 rings (SSSR count). The summed E-state index contributed by atoms with van der Waals surface area (Å²) in [4.78, 5) is 12.6. The number of piperidine rings is 1. The number of carbonyl (C=O) groups excluding carboxylic acids is 1. The van der Waals surface area contributed by atoms with Gasteiger partial charge in [0.1, 0.15) is 0 Å². The molecule has 27 heavy (non-hydrogen) atoms. The van der Waals surface area contributed by atoms with Gasteiger partial charge in [-0.25, -0.2) is 12.7 Å². The lowest BCUT2D eigenvalue weighted by atomic mass is 9.96. The fourth-order valence-electron chi connectivity index (χ4n) is 4.24. The van der Waals surface area contributed by atoms with Crippen molar-refractivity contribution in [2.45, 2.75) is 70.1 Å². The zero-order valence-corrected chi connectivity index (χ0v) is 17.1. The molecule has 1 amide bonds. The smallest absolute Gasteiger partial charge is 0.223 e. The Morgan fingerprint density at radius 2 is 1.74 bits per heavy atom. The fourth-order valence-corrected chi connectivity index (χ4v) is 5.79. The van der Waals surface area contributed by atoms with Crippen LogP contribution in [0.3, 0.4) is 0 Å². The minimum absolute atomic E-state index is 0.0353. The largest absolute Gasteiger partial charge is 0.353 e. The molecule has 5 nitrogen and oxygen atoms in total. The van der Waals surface area contributed by atoms with E-state index in [-0.39, 0.29) is 17.6 Å². The van der Waals surface area contributed by atoms with Crippen LogP contribution in [0, 0.1) is 12.8 Å². The van der Waals surface area contributed by atoms with Gasteiger partial charge < -0.3 is 5.32 Å². The fraction of sp³-hybridized carbons (Fsp3) is 0.667. The topological polar surface area (TPSA) is 66.5 Å². The Hall–Kier alpha value is -1.40. The van der Waals surface area contributed by atoms with Gasteiger partial charge in [0.2, 0.25) is 15.9 Å². The molecule has 0 spiro atoms. The number of nitrogens with one attached hydrogen (secondary N) is 1. The maximum absolute atomic E-state index is 12.7. The molecule has 1 aromatic rings. The van der Waals surface area contributed by atoms with Gasteiger partial charge in [-0.1, -0.05) is 55.5 Å². The van der Waals surface area contributed by atoms with Crippen molar-refractivity contribution in [3.05, 3.63) is 35.4 Å². The molecule has 1 saturated carbocycles. The molecule has 0 atom stereocenters. The second-order valence-electron chi connectivity index (χ2n) is 8.12. The molecule has 0 unspecified atom stereocenters. The summed E-state index contributed by atoms with van der Waals surface area (Å²) in [5.74, 6) is 0.101. The van der Waals surface area contributed by atoms with Gasteiger partial charge in [-0.15, -0.1) is 0 Å². The average Bonchev–Trinajstić information content (AvgIpc) is 2.90. The number of hydrogen-bond donors (Lipinski definition) is 1. The van der Waals surface area contributed by atoms with Crippen LogP contribution in [-0.2, 0) is 20.6 Å². The maximum Gasteiger partial charge on any atom is 0.223 e. The van der Waals surface area contributed by atoms with E-state index >= 15 is 0 Å². The van der Waals surface area contributed by atoms with E-state index in [9.17, 15) is 13.2 Å². The van der Waals surface area contributed by atoms with Crippen molar-refractivity contribution in [2.24, 2.45) is 5.92 Å². The van der Waals surface area contributed by atoms with E-state index < -0.39 is 10.0 Å². The zero-order chi connectivity index (χ0) is 19.3. The summed E-state index contributed by atoms with van der Waals surface area (Å²) in [5, 5.41) is 3.22. The first-order chi connectivity index (χ1) is 12.9. The first kappa shape index (κ1) is 20.3. The van der Waals surface area contributed by atoms with E-state index in [1.165, 1.54) is 25.7 Å². The van der Waals surface area contributed by atoms with Crippen molar-refractivity contribution in [2.75, 3.05) is 13.1 Å². The van der Waals surface area contributed by atoms with Crippen molar-refractivity contribution in [1.29, 1.82) is 0 Å². The van der Waals surface area contributed by atoms with Crippen LogP contribution in [0.5, 0.6) is 0 Å². The van der Waals surface area contributed by atoms with Gasteiger partial charge in [0.15, 0.2) is 0 Å². The third-order valence-corrected chi connectivity index (χ3v) is 7.70. The molecule has 150 valence electrons. The van der Waals surface area contributed by atoms with Crippen molar-refractivity contribution in [1.82, 2.24) is 9.62 Å². The van der Waals surface area contributed by atoms with E-state index in [0.29, 0.717) is 32.0 Å². The Morgan fingerprint density at radius 3 is 2.37 bits per heavy atom. The number of nitrogens with zero attached hydrogens (tertiary/aromatic N) is 1. The van der Waals surface area contributed by atoms with E-state index in [0.717, 1.165) is 24.0 Å². The maximum atomic E-state index is 12.7. The van der Waals surface area contributed by atoms with Crippen molar-refractivity contribution in [3.63, 3.8) is 0 Å². The van der Waals surface area contributed by atoms with Crippen molar-refractivity contribution < 1.29 is 13.2 Å². The summed E-state index contributed by atoms with van der Waals surface area (Å²) < 4.78 is 27.0. The molecule has 1 heterocycles. The summed E-state index contributed by atoms with van der Waals surface area (Å²) in [5.41, 5.74) is 1.89. The van der Waals surface area contributed by atoms with Gasteiger partial charge in [0, 0.05) is 25.0 Å². The highest BCUT2D eigenvalue weighted by molar-refractivity contribution is 7.88. The molecule has 1 aromatic carbocycles. The lowest BCUT2D eigenvalue weighted by Gasteiger charge is -2.31. The predicted molar refractivity (Wildman–Crippen MR) is 108 cm³/mol. The SMILES string of the molecule is Cc1cccc(CS(=O)(=O)N2CCC(C(=O)NC3CCCCCC3)CC2)c1. The van der Waals surface area contributed by atoms with Gasteiger partial charge in [0.25, 0.3) is 0 Å². The van der Waals surface area contributed by atoms with Crippen molar-refractivity contribution in [3.8, 4) is 0 Å². The second kappa shape index (κ2) is 9.20. The third kappa shape index (κ3) is 5.79. The van der Waals surface area contributed by atoms with Gasteiger partial charge in [0.05, 0.1) is 5.75 Å². The van der Waals surface area contributed by atoms with E-state index in [4.69, 9.17) is 0 Å². The minimum Gasteiger partial charge on any atom is -0.353 e. The van der Waals surface area contributed by atoms with Gasteiger partial charge in [-0.3, -0.25) is 4.79 Å². The van der Waals surface area contributed by atoms with E-state index in [1.54, 1.807) is 4.31 Å². The van der Waals surface area contributed by atoms with E-state index in [1.807, 2.05) is 31.2 Å². The number of hydrogen-bond acceptors (Lipinski definition) is 3. The zero-order valence-electron chi connectivity index (χ0n) is 16.3. The number of rotatable bonds is 5. The lowest BCUT2D eigenvalue weighted by molar-refractivity contribution is -0.126. The normalized spacial score (nSPS) is 20.9. The lowest BCUT2D eigenvalue weighted by Crippen LogP contribution is -2.45. The Bertz CT molecular complexity index is 732. The molecule has 0 aromatic heterocycles. The molecule has 0 radical (unpaired) electrons. The number of sulfonamides is 1. The first-order valence-electron chi connectivity index (χ1n) is 10.3. The molecule has 6 heteroatoms. The summed E-state index contributed by atoms with van der Waals surface area (Å²) in [6, 6.07) is 7.95. The monoisotopic (exact) mass is 392 g/mol. The summed E-state index contributed by atoms with van der Waals surface area (Å²) in [6.07, 6.45) is 8.32. The van der Waals surface area contributed by atoms with Crippen molar-refractivity contribution >= 4 is 15.9 Å².